The van der Waals surface area contributed by atoms with Crippen molar-refractivity contribution in [3.63, 3.8) is 0 Å². The zero-order valence-electron chi connectivity index (χ0n) is 14.9. The summed E-state index contributed by atoms with van der Waals surface area (Å²) in [6.07, 6.45) is 4.92. The molecule has 0 saturated heterocycles. The molecule has 9 heteroatoms. The molecule has 142 valence electrons. The van der Waals surface area contributed by atoms with Crippen LogP contribution >= 0.6 is 11.3 Å². The second-order valence-electron chi connectivity index (χ2n) is 5.87. The molecule has 0 aliphatic rings. The number of aromatic nitrogens is 2. The average molecular weight is 398 g/mol. The smallest absolute Gasteiger partial charge is 0.305 e. The van der Waals surface area contributed by atoms with Gasteiger partial charge in [0.25, 0.3) is 10.0 Å². The highest BCUT2D eigenvalue weighted by atomic mass is 32.2. The number of carbonyl (C=O) groups excluding carboxylic acids is 1. The summed E-state index contributed by atoms with van der Waals surface area (Å²) in [5.74, 6) is -0.180. The molecule has 0 aliphatic heterocycles. The fourth-order valence-electron chi connectivity index (χ4n) is 2.43. The molecule has 26 heavy (non-hydrogen) atoms. The van der Waals surface area contributed by atoms with E-state index in [1.807, 2.05) is 6.07 Å². The molecule has 0 saturated carbocycles. The van der Waals surface area contributed by atoms with Gasteiger partial charge in [0, 0.05) is 6.42 Å². The number of rotatable bonds is 10. The molecule has 1 heterocycles. The number of hydrogen-bond acceptors (Lipinski definition) is 7. The Hall–Kier alpha value is -2.00. The summed E-state index contributed by atoms with van der Waals surface area (Å²) in [6, 6.07) is 6.91. The van der Waals surface area contributed by atoms with Gasteiger partial charge < -0.3 is 4.74 Å². The number of sulfonamides is 1. The summed E-state index contributed by atoms with van der Waals surface area (Å²) >= 11 is 1.19. The number of anilines is 1. The fraction of sp³-hybridized carbons (Fsp3) is 0.471. The summed E-state index contributed by atoms with van der Waals surface area (Å²) in [5.41, 5.74) is 0.967. The zero-order valence-corrected chi connectivity index (χ0v) is 16.5. The van der Waals surface area contributed by atoms with Gasteiger partial charge in [-0.2, -0.15) is 0 Å². The summed E-state index contributed by atoms with van der Waals surface area (Å²) in [7, 11) is -2.27. The maximum Gasteiger partial charge on any atom is 0.305 e. The summed E-state index contributed by atoms with van der Waals surface area (Å²) in [4.78, 5) is 11.3. The third kappa shape index (κ3) is 6.38. The molecule has 1 N–H and O–H groups in total. The van der Waals surface area contributed by atoms with Crippen LogP contribution in [0.3, 0.4) is 0 Å². The van der Waals surface area contributed by atoms with Gasteiger partial charge in [0.2, 0.25) is 5.13 Å². The minimum Gasteiger partial charge on any atom is -0.469 e. The number of ether oxygens (including phenoxy) is 1. The topological polar surface area (TPSA) is 98.2 Å². The first kappa shape index (κ1) is 20.3. The molecule has 1 aromatic carbocycles. The molecule has 0 aliphatic carbocycles. The van der Waals surface area contributed by atoms with E-state index in [4.69, 9.17) is 0 Å². The highest BCUT2D eigenvalue weighted by Gasteiger charge is 2.16. The van der Waals surface area contributed by atoms with Gasteiger partial charge in [-0.05, 0) is 43.9 Å². The van der Waals surface area contributed by atoms with E-state index in [2.05, 4.69) is 19.7 Å². The molecule has 0 radical (unpaired) electrons. The third-order valence-electron chi connectivity index (χ3n) is 3.78. The van der Waals surface area contributed by atoms with Crippen LogP contribution in [0.5, 0.6) is 0 Å². The number of benzene rings is 1. The maximum atomic E-state index is 12.5. The molecule has 7 nitrogen and oxygen atoms in total. The molecule has 0 bridgehead atoms. The fourth-order valence-corrected chi connectivity index (χ4v) is 4.33. The Bertz CT molecular complexity index is 834. The number of unbranched alkanes of at least 4 members (excludes halogenated alkanes) is 3. The van der Waals surface area contributed by atoms with Crippen molar-refractivity contribution in [2.75, 3.05) is 11.8 Å². The molecule has 0 atom stereocenters. The predicted octanol–water partition coefficient (Wildman–Crippen LogP) is 3.31. The number of carbonyl (C=O) groups is 1. The lowest BCUT2D eigenvalue weighted by Crippen LogP contribution is -2.13. The summed E-state index contributed by atoms with van der Waals surface area (Å²) < 4.78 is 32.0. The van der Waals surface area contributed by atoms with Crippen molar-refractivity contribution in [1.82, 2.24) is 10.2 Å². The number of esters is 1. The standard InChI is InChI=1S/C17H23N3O4S2/c1-13-18-19-17(25-13)20-26(22,23)15-10-7-9-14(12-15)8-5-3-4-6-11-16(21)24-2/h7,9-10,12H,3-6,8,11H2,1-2H3,(H,19,20). The van der Waals surface area contributed by atoms with Crippen LogP contribution in [0, 0.1) is 6.92 Å². The minimum atomic E-state index is -3.67. The van der Waals surface area contributed by atoms with Crippen molar-refractivity contribution < 1.29 is 17.9 Å². The van der Waals surface area contributed by atoms with Crippen LogP contribution in [0.1, 0.15) is 42.7 Å². The minimum absolute atomic E-state index is 0.180. The Morgan fingerprint density at radius 1 is 1.19 bits per heavy atom. The van der Waals surface area contributed by atoms with E-state index >= 15 is 0 Å². The highest BCUT2D eigenvalue weighted by Crippen LogP contribution is 2.20. The Morgan fingerprint density at radius 3 is 2.65 bits per heavy atom. The predicted molar refractivity (Wildman–Crippen MR) is 101 cm³/mol. The van der Waals surface area contributed by atoms with E-state index in [0.717, 1.165) is 37.7 Å². The van der Waals surface area contributed by atoms with Crippen LogP contribution < -0.4 is 4.72 Å². The van der Waals surface area contributed by atoms with Crippen LogP contribution in [-0.2, 0) is 26.0 Å². The van der Waals surface area contributed by atoms with Gasteiger partial charge in [0.1, 0.15) is 5.01 Å². The van der Waals surface area contributed by atoms with Crippen molar-refractivity contribution >= 4 is 32.5 Å². The van der Waals surface area contributed by atoms with Gasteiger partial charge in [0.05, 0.1) is 12.0 Å². The Labute approximate surface area is 157 Å². The molecular formula is C17H23N3O4S2. The van der Waals surface area contributed by atoms with E-state index in [1.54, 1.807) is 25.1 Å². The van der Waals surface area contributed by atoms with E-state index in [9.17, 15) is 13.2 Å². The van der Waals surface area contributed by atoms with Crippen LogP contribution in [0.4, 0.5) is 5.13 Å². The van der Waals surface area contributed by atoms with E-state index in [-0.39, 0.29) is 16.0 Å². The van der Waals surface area contributed by atoms with Crippen molar-refractivity contribution in [2.45, 2.75) is 50.3 Å². The molecule has 0 unspecified atom stereocenters. The quantitative estimate of drug-likeness (QED) is 0.488. The van der Waals surface area contributed by atoms with Crippen molar-refractivity contribution in [3.05, 3.63) is 34.8 Å². The first-order chi connectivity index (χ1) is 12.4. The SMILES string of the molecule is COC(=O)CCCCCCc1cccc(S(=O)(=O)Nc2nnc(C)s2)c1. The second-order valence-corrected chi connectivity index (χ2v) is 8.73. The Kier molecular flexibility index (Phi) is 7.52. The van der Waals surface area contributed by atoms with Crippen molar-refractivity contribution in [3.8, 4) is 0 Å². The van der Waals surface area contributed by atoms with Crippen LogP contribution in [-0.4, -0.2) is 31.7 Å². The van der Waals surface area contributed by atoms with Gasteiger partial charge in [-0.3, -0.25) is 9.52 Å². The van der Waals surface area contributed by atoms with Crippen molar-refractivity contribution in [1.29, 1.82) is 0 Å². The summed E-state index contributed by atoms with van der Waals surface area (Å²) in [6.45, 7) is 1.77. The molecule has 0 fully saturated rings. The van der Waals surface area contributed by atoms with E-state index in [1.165, 1.54) is 18.4 Å². The molecule has 2 rings (SSSR count). The third-order valence-corrected chi connectivity index (χ3v) is 6.00. The van der Waals surface area contributed by atoms with Crippen molar-refractivity contribution in [2.24, 2.45) is 0 Å². The van der Waals surface area contributed by atoms with Crippen LogP contribution in [0.15, 0.2) is 29.2 Å². The first-order valence-electron chi connectivity index (χ1n) is 8.39. The zero-order chi connectivity index (χ0) is 19.0. The Morgan fingerprint density at radius 2 is 1.96 bits per heavy atom. The number of nitrogens with one attached hydrogen (secondary N) is 1. The largest absolute Gasteiger partial charge is 0.469 e. The van der Waals surface area contributed by atoms with E-state index < -0.39 is 10.0 Å². The number of hydrogen-bond donors (Lipinski definition) is 1. The Balaban J connectivity index is 1.86. The highest BCUT2D eigenvalue weighted by molar-refractivity contribution is 7.93. The van der Waals surface area contributed by atoms with Gasteiger partial charge in [-0.1, -0.05) is 36.3 Å². The number of methoxy groups -OCH3 is 1. The average Bonchev–Trinajstić information content (AvgIpc) is 3.02. The van der Waals surface area contributed by atoms with Gasteiger partial charge >= 0.3 is 5.97 Å². The second kappa shape index (κ2) is 9.63. The lowest BCUT2D eigenvalue weighted by molar-refractivity contribution is -0.140. The number of nitrogens with zero attached hydrogens (tertiary/aromatic N) is 2. The summed E-state index contributed by atoms with van der Waals surface area (Å²) in [5, 5.41) is 8.56. The first-order valence-corrected chi connectivity index (χ1v) is 10.7. The molecule has 2 aromatic rings. The molecule has 1 aromatic heterocycles. The van der Waals surface area contributed by atoms with Crippen LogP contribution in [0.2, 0.25) is 0 Å². The molecule has 0 spiro atoms. The normalized spacial score (nSPS) is 11.3. The van der Waals surface area contributed by atoms with Gasteiger partial charge in [0.15, 0.2) is 0 Å². The lowest BCUT2D eigenvalue weighted by Gasteiger charge is -2.07. The van der Waals surface area contributed by atoms with Crippen LogP contribution in [0.25, 0.3) is 0 Å². The lowest BCUT2D eigenvalue weighted by atomic mass is 10.1. The maximum absolute atomic E-state index is 12.5. The number of aryl methyl sites for hydroxylation is 2. The monoisotopic (exact) mass is 397 g/mol. The molecular weight excluding hydrogens is 374 g/mol. The molecule has 0 amide bonds. The van der Waals surface area contributed by atoms with E-state index in [0.29, 0.717) is 11.4 Å². The van der Waals surface area contributed by atoms with Gasteiger partial charge in [-0.25, -0.2) is 8.42 Å². The van der Waals surface area contributed by atoms with Gasteiger partial charge in [-0.15, -0.1) is 10.2 Å².